The topological polar surface area (TPSA) is 50.8 Å². The zero-order valence-corrected chi connectivity index (χ0v) is 14.0. The first kappa shape index (κ1) is 16.1. The first-order valence-electron chi connectivity index (χ1n) is 8.37. The van der Waals surface area contributed by atoms with Gasteiger partial charge < -0.3 is 19.7 Å². The number of nitrogens with zero attached hydrogens (tertiary/aromatic N) is 1. The number of hydrogen-bond acceptors (Lipinski definition) is 4. The number of carbonyl (C=O) groups is 1. The van der Waals surface area contributed by atoms with Gasteiger partial charge in [-0.25, -0.2) is 0 Å². The van der Waals surface area contributed by atoms with Crippen LogP contribution in [0.5, 0.6) is 11.5 Å². The highest BCUT2D eigenvalue weighted by atomic mass is 16.5. The third-order valence-electron chi connectivity index (χ3n) is 5.22. The van der Waals surface area contributed by atoms with E-state index in [9.17, 15) is 4.79 Å². The highest BCUT2D eigenvalue weighted by Gasteiger charge is 2.58. The maximum atomic E-state index is 12.5. The predicted octanol–water partition coefficient (Wildman–Crippen LogP) is 1.92. The molecule has 1 N–H and O–H groups in total. The highest BCUT2D eigenvalue weighted by Crippen LogP contribution is 2.59. The van der Waals surface area contributed by atoms with Crippen molar-refractivity contribution in [3.05, 3.63) is 24.3 Å². The monoisotopic (exact) mass is 318 g/mol. The van der Waals surface area contributed by atoms with Crippen LogP contribution in [0.1, 0.15) is 19.3 Å². The Morgan fingerprint density at radius 1 is 1.26 bits per heavy atom. The minimum absolute atomic E-state index is 0.232. The number of ether oxygens (including phenoxy) is 2. The molecule has 0 aromatic heterocycles. The van der Waals surface area contributed by atoms with Crippen molar-refractivity contribution >= 4 is 5.91 Å². The number of carbonyl (C=O) groups excluding carboxylic acids is 1. The second-order valence-electron chi connectivity index (χ2n) is 6.65. The van der Waals surface area contributed by atoms with Gasteiger partial charge in [-0.1, -0.05) is 0 Å². The Morgan fingerprint density at radius 3 is 2.57 bits per heavy atom. The number of methoxy groups -OCH3 is 1. The van der Waals surface area contributed by atoms with Crippen LogP contribution in [0.2, 0.25) is 0 Å². The molecule has 1 heterocycles. The van der Waals surface area contributed by atoms with Gasteiger partial charge in [0.1, 0.15) is 18.1 Å². The minimum Gasteiger partial charge on any atom is -0.497 e. The summed E-state index contributed by atoms with van der Waals surface area (Å²) in [5.41, 5.74) is 0.299. The Morgan fingerprint density at radius 2 is 1.91 bits per heavy atom. The lowest BCUT2D eigenvalue weighted by atomic mass is 9.91. The number of piperidine rings is 1. The molecule has 1 spiro atoms. The smallest absolute Gasteiger partial charge is 0.226 e. The van der Waals surface area contributed by atoms with Gasteiger partial charge in [0.25, 0.3) is 0 Å². The van der Waals surface area contributed by atoms with Crippen LogP contribution >= 0.6 is 0 Å². The lowest BCUT2D eigenvalue weighted by Gasteiger charge is -2.25. The Kier molecular flexibility index (Phi) is 4.76. The molecule has 1 aromatic carbocycles. The summed E-state index contributed by atoms with van der Waals surface area (Å²) in [6, 6.07) is 7.50. The van der Waals surface area contributed by atoms with E-state index in [-0.39, 0.29) is 11.8 Å². The number of likely N-dealkylation sites (N-methyl/N-ethyl adjacent to an activating group) is 1. The van der Waals surface area contributed by atoms with Crippen LogP contribution in [0.4, 0.5) is 0 Å². The van der Waals surface area contributed by atoms with Crippen LogP contribution in [0.25, 0.3) is 0 Å². The minimum atomic E-state index is 0.232. The Bertz CT molecular complexity index is 538. The van der Waals surface area contributed by atoms with E-state index in [1.165, 1.54) is 0 Å². The van der Waals surface area contributed by atoms with Crippen LogP contribution < -0.4 is 14.8 Å². The number of benzene rings is 1. The molecule has 2 aliphatic rings. The van der Waals surface area contributed by atoms with E-state index in [0.717, 1.165) is 43.9 Å². The molecule has 126 valence electrons. The molecule has 2 fully saturated rings. The van der Waals surface area contributed by atoms with Crippen molar-refractivity contribution in [1.29, 1.82) is 0 Å². The summed E-state index contributed by atoms with van der Waals surface area (Å²) in [6.45, 7) is 3.23. The molecule has 1 saturated heterocycles. The molecule has 3 rings (SSSR count). The lowest BCUT2D eigenvalue weighted by molar-refractivity contribution is -0.132. The maximum absolute atomic E-state index is 12.5. The molecule has 1 atom stereocenters. The number of rotatable bonds is 6. The predicted molar refractivity (Wildman–Crippen MR) is 88.8 cm³/mol. The Balaban J connectivity index is 1.42. The van der Waals surface area contributed by atoms with Crippen LogP contribution in [0.15, 0.2) is 24.3 Å². The second-order valence-corrected chi connectivity index (χ2v) is 6.65. The second kappa shape index (κ2) is 6.79. The molecular weight excluding hydrogens is 292 g/mol. The fourth-order valence-corrected chi connectivity index (χ4v) is 3.52. The summed E-state index contributed by atoms with van der Waals surface area (Å²) in [5, 5.41) is 3.38. The first-order valence-corrected chi connectivity index (χ1v) is 8.37. The van der Waals surface area contributed by atoms with E-state index < -0.39 is 0 Å². The molecule has 1 amide bonds. The third kappa shape index (κ3) is 3.61. The van der Waals surface area contributed by atoms with Crippen LogP contribution in [-0.2, 0) is 4.79 Å². The summed E-state index contributed by atoms with van der Waals surface area (Å²) in [6.07, 6.45) is 3.34. The lowest BCUT2D eigenvalue weighted by Crippen LogP contribution is -2.36. The molecule has 1 aromatic rings. The van der Waals surface area contributed by atoms with Crippen molar-refractivity contribution in [2.75, 3.05) is 40.4 Å². The van der Waals surface area contributed by atoms with Crippen LogP contribution in [0.3, 0.4) is 0 Å². The van der Waals surface area contributed by atoms with E-state index in [1.54, 1.807) is 7.11 Å². The van der Waals surface area contributed by atoms with Gasteiger partial charge >= 0.3 is 0 Å². The third-order valence-corrected chi connectivity index (χ3v) is 5.22. The average molecular weight is 318 g/mol. The molecule has 1 saturated carbocycles. The van der Waals surface area contributed by atoms with Crippen LogP contribution in [0, 0.1) is 11.3 Å². The Labute approximate surface area is 137 Å². The van der Waals surface area contributed by atoms with Crippen molar-refractivity contribution in [2.24, 2.45) is 11.3 Å². The van der Waals surface area contributed by atoms with Crippen LogP contribution in [-0.4, -0.2) is 51.2 Å². The van der Waals surface area contributed by atoms with Crippen molar-refractivity contribution < 1.29 is 14.3 Å². The van der Waals surface area contributed by atoms with Crippen molar-refractivity contribution in [3.63, 3.8) is 0 Å². The zero-order valence-electron chi connectivity index (χ0n) is 14.0. The SMILES string of the molecule is COc1ccc(OCCN(C)C(=O)C2CC23CCNCC3)cc1. The molecule has 1 aliphatic carbocycles. The molecule has 1 unspecified atom stereocenters. The molecule has 0 radical (unpaired) electrons. The number of amides is 1. The van der Waals surface area contributed by atoms with Gasteiger partial charge in [-0.15, -0.1) is 0 Å². The van der Waals surface area contributed by atoms with Gasteiger partial charge in [0.15, 0.2) is 0 Å². The zero-order chi connectivity index (χ0) is 16.3. The highest BCUT2D eigenvalue weighted by molar-refractivity contribution is 5.82. The van der Waals surface area contributed by atoms with Gasteiger partial charge in [-0.05, 0) is 62.0 Å². The summed E-state index contributed by atoms with van der Waals surface area (Å²) in [7, 11) is 3.52. The van der Waals surface area contributed by atoms with Gasteiger partial charge in [-0.2, -0.15) is 0 Å². The molecular formula is C18H26N2O3. The van der Waals surface area contributed by atoms with Gasteiger partial charge in [0.2, 0.25) is 5.91 Å². The first-order chi connectivity index (χ1) is 11.1. The fourth-order valence-electron chi connectivity index (χ4n) is 3.52. The summed E-state index contributed by atoms with van der Waals surface area (Å²) in [4.78, 5) is 14.4. The van der Waals surface area contributed by atoms with E-state index in [2.05, 4.69) is 5.32 Å². The largest absolute Gasteiger partial charge is 0.497 e. The van der Waals surface area contributed by atoms with Gasteiger partial charge in [-0.3, -0.25) is 4.79 Å². The van der Waals surface area contributed by atoms with E-state index in [1.807, 2.05) is 36.2 Å². The summed E-state index contributed by atoms with van der Waals surface area (Å²) >= 11 is 0. The fraction of sp³-hybridized carbons (Fsp3) is 0.611. The number of nitrogens with one attached hydrogen (secondary N) is 1. The van der Waals surface area contributed by atoms with Gasteiger partial charge in [0, 0.05) is 13.0 Å². The van der Waals surface area contributed by atoms with Crippen molar-refractivity contribution in [3.8, 4) is 11.5 Å². The average Bonchev–Trinajstić information content (AvgIpc) is 3.28. The van der Waals surface area contributed by atoms with Crippen molar-refractivity contribution in [1.82, 2.24) is 10.2 Å². The molecule has 0 bridgehead atoms. The maximum Gasteiger partial charge on any atom is 0.226 e. The molecule has 5 nitrogen and oxygen atoms in total. The summed E-state index contributed by atoms with van der Waals surface area (Å²) < 4.78 is 10.8. The van der Waals surface area contributed by atoms with Gasteiger partial charge in [0.05, 0.1) is 13.7 Å². The van der Waals surface area contributed by atoms with Crippen molar-refractivity contribution in [2.45, 2.75) is 19.3 Å². The van der Waals surface area contributed by atoms with E-state index in [0.29, 0.717) is 18.6 Å². The Hall–Kier alpha value is -1.75. The van der Waals surface area contributed by atoms with E-state index >= 15 is 0 Å². The number of hydrogen-bond donors (Lipinski definition) is 1. The summed E-state index contributed by atoms with van der Waals surface area (Å²) in [5.74, 6) is 2.12. The quantitative estimate of drug-likeness (QED) is 0.871. The molecule has 1 aliphatic heterocycles. The molecule has 23 heavy (non-hydrogen) atoms. The normalized spacial score (nSPS) is 21.7. The standard InChI is InChI=1S/C18H26N2O3/c1-20(11-12-23-15-5-3-14(22-2)4-6-15)17(21)16-13-18(16)7-9-19-10-8-18/h3-6,16,19H,7-13H2,1-2H3. The molecule has 5 heteroatoms. The van der Waals surface area contributed by atoms with E-state index in [4.69, 9.17) is 9.47 Å².